The molecule has 0 aliphatic carbocycles. The molecule has 0 aliphatic rings. The van der Waals surface area contributed by atoms with Crippen molar-refractivity contribution in [1.82, 2.24) is 14.6 Å². The second-order valence-corrected chi connectivity index (χ2v) is 6.84. The zero-order valence-corrected chi connectivity index (χ0v) is 15.0. The lowest BCUT2D eigenvalue weighted by molar-refractivity contribution is 0.192. The summed E-state index contributed by atoms with van der Waals surface area (Å²) in [6, 6.07) is 6.51. The number of hydrogen-bond donors (Lipinski definition) is 2. The highest BCUT2D eigenvalue weighted by Crippen LogP contribution is 2.30. The third-order valence-corrected chi connectivity index (χ3v) is 4.97. The van der Waals surface area contributed by atoms with E-state index in [1.165, 1.54) is 21.9 Å². The molecule has 0 aliphatic heterocycles. The number of fused-ring (bicyclic) bond motifs is 1. The fourth-order valence-corrected chi connectivity index (χ4v) is 3.70. The molecule has 1 atom stereocenters. The van der Waals surface area contributed by atoms with Crippen molar-refractivity contribution in [2.24, 2.45) is 0 Å². The number of nitrogens with zero attached hydrogens (tertiary/aromatic N) is 3. The minimum absolute atomic E-state index is 0.151. The number of benzene rings is 1. The molecule has 9 heteroatoms. The molecule has 2 aromatic heterocycles. The van der Waals surface area contributed by atoms with Crippen molar-refractivity contribution in [3.8, 4) is 0 Å². The first-order valence-corrected chi connectivity index (χ1v) is 8.82. The molecule has 3 rings (SSSR count). The van der Waals surface area contributed by atoms with Gasteiger partial charge in [0.05, 0.1) is 6.10 Å². The summed E-state index contributed by atoms with van der Waals surface area (Å²) < 4.78 is 1.24. The molecule has 6 nitrogen and oxygen atoms in total. The van der Waals surface area contributed by atoms with E-state index in [0.717, 1.165) is 5.69 Å². The molecule has 0 radical (unpaired) electrons. The molecule has 0 saturated carbocycles. The number of anilines is 1. The predicted octanol–water partition coefficient (Wildman–Crippen LogP) is 3.17. The van der Waals surface area contributed by atoms with Crippen LogP contribution in [0.1, 0.15) is 24.3 Å². The maximum atomic E-state index is 12.0. The summed E-state index contributed by atoms with van der Waals surface area (Å²) in [5, 5.41) is 18.7. The Kier molecular flexibility index (Phi) is 5.05. The molecular weight excluding hydrogens is 371 g/mol. The van der Waals surface area contributed by atoms with Crippen LogP contribution < -0.4 is 10.9 Å². The Labute approximate surface area is 151 Å². The molecule has 0 fully saturated rings. The highest BCUT2D eigenvalue weighted by atomic mass is 35.5. The number of halogens is 2. The minimum atomic E-state index is -0.908. The molecule has 0 saturated heterocycles. The summed E-state index contributed by atoms with van der Waals surface area (Å²) in [5.41, 5.74) is 0.951. The first-order chi connectivity index (χ1) is 11.5. The number of hydrogen-bond acceptors (Lipinski definition) is 6. The highest BCUT2D eigenvalue weighted by molar-refractivity contribution is 7.20. The average Bonchev–Trinajstić information content (AvgIpc) is 2.96. The van der Waals surface area contributed by atoms with Gasteiger partial charge in [0.25, 0.3) is 5.56 Å². The highest BCUT2D eigenvalue weighted by Gasteiger charge is 2.16. The Hall–Kier alpha value is -1.67. The summed E-state index contributed by atoms with van der Waals surface area (Å²) in [4.78, 5) is 16.8. The van der Waals surface area contributed by atoms with Crippen LogP contribution in [0, 0.1) is 0 Å². The smallest absolute Gasteiger partial charge is 0.275 e. The molecule has 1 unspecified atom stereocenters. The van der Waals surface area contributed by atoms with E-state index in [2.05, 4.69) is 15.4 Å². The molecule has 0 spiro atoms. The van der Waals surface area contributed by atoms with Crippen LogP contribution in [0.2, 0.25) is 10.0 Å². The third-order valence-electron chi connectivity index (χ3n) is 3.44. The topological polar surface area (TPSA) is 79.5 Å². The second-order valence-electron chi connectivity index (χ2n) is 5.07. The van der Waals surface area contributed by atoms with Crippen LogP contribution in [-0.4, -0.2) is 26.2 Å². The summed E-state index contributed by atoms with van der Waals surface area (Å²) >= 11 is 13.4. The van der Waals surface area contributed by atoms with Gasteiger partial charge in [0.1, 0.15) is 0 Å². The van der Waals surface area contributed by atoms with Gasteiger partial charge < -0.3 is 10.4 Å². The van der Waals surface area contributed by atoms with Gasteiger partial charge in [-0.1, -0.05) is 47.5 Å². The zero-order chi connectivity index (χ0) is 17.3. The van der Waals surface area contributed by atoms with E-state index in [1.54, 1.807) is 18.2 Å². The van der Waals surface area contributed by atoms with Crippen molar-refractivity contribution >= 4 is 44.6 Å². The quantitative estimate of drug-likeness (QED) is 0.705. The predicted molar refractivity (Wildman–Crippen MR) is 96.4 cm³/mol. The Bertz CT molecular complexity index is 921. The number of aryl methyl sites for hydroxylation is 1. The van der Waals surface area contributed by atoms with E-state index in [0.29, 0.717) is 32.1 Å². The van der Waals surface area contributed by atoms with Gasteiger partial charge in [-0.05, 0) is 18.6 Å². The Morgan fingerprint density at radius 2 is 2.08 bits per heavy atom. The van der Waals surface area contributed by atoms with E-state index in [-0.39, 0.29) is 12.1 Å². The van der Waals surface area contributed by atoms with Gasteiger partial charge in [0.2, 0.25) is 10.1 Å². The van der Waals surface area contributed by atoms with Crippen molar-refractivity contribution in [1.29, 1.82) is 0 Å². The zero-order valence-electron chi connectivity index (χ0n) is 12.7. The van der Waals surface area contributed by atoms with E-state index in [4.69, 9.17) is 23.2 Å². The van der Waals surface area contributed by atoms with Gasteiger partial charge in [0, 0.05) is 33.9 Å². The fourth-order valence-electron chi connectivity index (χ4n) is 2.22. The molecule has 0 bridgehead atoms. The maximum Gasteiger partial charge on any atom is 0.275 e. The summed E-state index contributed by atoms with van der Waals surface area (Å²) in [5.74, 6) is 0. The van der Waals surface area contributed by atoms with Crippen LogP contribution in [-0.2, 0) is 6.42 Å². The van der Waals surface area contributed by atoms with Crippen LogP contribution in [0.4, 0.5) is 5.13 Å². The molecular formula is C15H14Cl2N4O2S. The van der Waals surface area contributed by atoms with Crippen LogP contribution >= 0.6 is 34.5 Å². The number of aliphatic hydroxyl groups is 1. The van der Waals surface area contributed by atoms with E-state index >= 15 is 0 Å². The SMILES string of the molecule is CCc1cc(=O)n2nc(NCC(O)c3c(Cl)cccc3Cl)sc2n1. The van der Waals surface area contributed by atoms with E-state index in [9.17, 15) is 9.90 Å². The molecule has 126 valence electrons. The maximum absolute atomic E-state index is 12.0. The molecule has 2 heterocycles. The Balaban J connectivity index is 1.81. The van der Waals surface area contributed by atoms with Crippen LogP contribution in [0.3, 0.4) is 0 Å². The van der Waals surface area contributed by atoms with E-state index in [1.807, 2.05) is 6.92 Å². The molecule has 3 aromatic rings. The number of rotatable bonds is 5. The van der Waals surface area contributed by atoms with Crippen LogP contribution in [0.25, 0.3) is 4.96 Å². The van der Waals surface area contributed by atoms with Crippen molar-refractivity contribution in [3.63, 3.8) is 0 Å². The summed E-state index contributed by atoms with van der Waals surface area (Å²) in [6.45, 7) is 2.08. The largest absolute Gasteiger partial charge is 0.386 e. The van der Waals surface area contributed by atoms with Gasteiger partial charge in [-0.3, -0.25) is 4.79 Å². The summed E-state index contributed by atoms with van der Waals surface area (Å²) in [7, 11) is 0. The van der Waals surface area contributed by atoms with Gasteiger partial charge in [0.15, 0.2) is 0 Å². The second kappa shape index (κ2) is 7.06. The Morgan fingerprint density at radius 1 is 1.38 bits per heavy atom. The summed E-state index contributed by atoms with van der Waals surface area (Å²) in [6.07, 6.45) is -0.232. The number of nitrogens with one attached hydrogen (secondary N) is 1. The normalized spacial score (nSPS) is 12.5. The molecule has 2 N–H and O–H groups in total. The molecule has 24 heavy (non-hydrogen) atoms. The lowest BCUT2D eigenvalue weighted by atomic mass is 10.1. The van der Waals surface area contributed by atoms with Crippen LogP contribution in [0.15, 0.2) is 29.1 Å². The Morgan fingerprint density at radius 3 is 2.75 bits per heavy atom. The first-order valence-electron chi connectivity index (χ1n) is 7.25. The lowest BCUT2D eigenvalue weighted by Gasteiger charge is -2.14. The number of aromatic nitrogens is 3. The van der Waals surface area contributed by atoms with Gasteiger partial charge in [-0.2, -0.15) is 4.52 Å². The molecule has 1 aromatic carbocycles. The minimum Gasteiger partial charge on any atom is -0.386 e. The van der Waals surface area contributed by atoms with Crippen molar-refractivity contribution in [2.45, 2.75) is 19.4 Å². The third kappa shape index (κ3) is 3.39. The number of aliphatic hydroxyl groups excluding tert-OH is 1. The standard InChI is InChI=1S/C15H14Cl2N4O2S/c1-2-8-6-12(23)21-15(19-8)24-14(20-21)18-7-11(22)13-9(16)4-3-5-10(13)17/h3-6,11,22H,2,7H2,1H3,(H,18,20). The van der Waals surface area contributed by atoms with Crippen molar-refractivity contribution in [2.75, 3.05) is 11.9 Å². The van der Waals surface area contributed by atoms with Gasteiger partial charge >= 0.3 is 0 Å². The average molecular weight is 385 g/mol. The van der Waals surface area contributed by atoms with Crippen LogP contribution in [0.5, 0.6) is 0 Å². The van der Waals surface area contributed by atoms with Gasteiger partial charge in [-0.25, -0.2) is 4.98 Å². The van der Waals surface area contributed by atoms with Crippen molar-refractivity contribution < 1.29 is 5.11 Å². The lowest BCUT2D eigenvalue weighted by Crippen LogP contribution is -2.16. The monoisotopic (exact) mass is 384 g/mol. The van der Waals surface area contributed by atoms with E-state index < -0.39 is 6.10 Å². The van der Waals surface area contributed by atoms with Gasteiger partial charge in [-0.15, -0.1) is 5.10 Å². The fraction of sp³-hybridized carbons (Fsp3) is 0.267. The molecule has 0 amide bonds. The first kappa shape index (κ1) is 17.2. The van der Waals surface area contributed by atoms with Crippen molar-refractivity contribution in [3.05, 3.63) is 55.9 Å².